The molecular formula is C22H20N3O3S+. The SMILES string of the molecule is Cc1ccc[n+]([C@H](C(=O)c2ccc([N+](=O)[O-])cc2)C(=S)NCc2ccccc2)c1. The van der Waals surface area contributed by atoms with Crippen molar-refractivity contribution < 1.29 is 14.3 Å². The van der Waals surface area contributed by atoms with E-state index in [9.17, 15) is 14.9 Å². The number of nitrogens with zero attached hydrogens (tertiary/aromatic N) is 2. The molecule has 0 amide bonds. The number of aryl methyl sites for hydroxylation is 1. The van der Waals surface area contributed by atoms with Gasteiger partial charge in [0.25, 0.3) is 11.7 Å². The van der Waals surface area contributed by atoms with E-state index in [0.29, 0.717) is 17.1 Å². The van der Waals surface area contributed by atoms with Crippen LogP contribution in [0.5, 0.6) is 0 Å². The van der Waals surface area contributed by atoms with Crippen molar-refractivity contribution in [1.29, 1.82) is 0 Å². The van der Waals surface area contributed by atoms with E-state index in [1.165, 1.54) is 24.3 Å². The number of hydrogen-bond acceptors (Lipinski definition) is 4. The molecule has 1 aromatic heterocycles. The molecule has 146 valence electrons. The van der Waals surface area contributed by atoms with Crippen LogP contribution in [0, 0.1) is 17.0 Å². The molecule has 7 heteroatoms. The summed E-state index contributed by atoms with van der Waals surface area (Å²) in [7, 11) is 0. The molecule has 0 fully saturated rings. The highest BCUT2D eigenvalue weighted by atomic mass is 32.1. The number of hydrogen-bond donors (Lipinski definition) is 1. The zero-order valence-corrected chi connectivity index (χ0v) is 16.6. The van der Waals surface area contributed by atoms with Crippen LogP contribution >= 0.6 is 12.2 Å². The second-order valence-corrected chi connectivity index (χ2v) is 7.04. The van der Waals surface area contributed by atoms with Gasteiger partial charge in [0.2, 0.25) is 5.78 Å². The number of nitro groups is 1. The molecule has 1 N–H and O–H groups in total. The number of carbonyl (C=O) groups is 1. The number of non-ortho nitro benzene ring substituents is 1. The number of aromatic nitrogens is 1. The molecule has 0 aliphatic rings. The third-order valence-electron chi connectivity index (χ3n) is 4.44. The molecule has 1 atom stereocenters. The molecule has 6 nitrogen and oxygen atoms in total. The van der Waals surface area contributed by atoms with Gasteiger partial charge >= 0.3 is 0 Å². The Morgan fingerprint density at radius 2 is 1.79 bits per heavy atom. The summed E-state index contributed by atoms with van der Waals surface area (Å²) in [5.74, 6) is -0.235. The summed E-state index contributed by atoms with van der Waals surface area (Å²) in [6.45, 7) is 2.43. The number of thiocarbonyl (C=S) groups is 1. The van der Waals surface area contributed by atoms with E-state index in [4.69, 9.17) is 12.2 Å². The lowest BCUT2D eigenvalue weighted by molar-refractivity contribution is -0.692. The number of Topliss-reactive ketones (excluding diaryl/α,β-unsaturated/α-hetero) is 1. The molecule has 0 saturated carbocycles. The number of carbonyl (C=O) groups excluding carboxylic acids is 1. The Labute approximate surface area is 174 Å². The highest BCUT2D eigenvalue weighted by molar-refractivity contribution is 7.80. The van der Waals surface area contributed by atoms with Gasteiger partial charge in [0.05, 0.1) is 4.92 Å². The van der Waals surface area contributed by atoms with Crippen LogP contribution in [0.3, 0.4) is 0 Å². The highest BCUT2D eigenvalue weighted by Gasteiger charge is 2.33. The van der Waals surface area contributed by atoms with Gasteiger partial charge in [-0.15, -0.1) is 0 Å². The summed E-state index contributed by atoms with van der Waals surface area (Å²) in [6, 6.07) is 18.4. The number of benzene rings is 2. The molecule has 0 unspecified atom stereocenters. The van der Waals surface area contributed by atoms with Crippen LogP contribution in [0.2, 0.25) is 0 Å². The predicted molar refractivity (Wildman–Crippen MR) is 114 cm³/mol. The minimum atomic E-state index is -0.755. The van der Waals surface area contributed by atoms with Crippen molar-refractivity contribution in [3.63, 3.8) is 0 Å². The first-order chi connectivity index (χ1) is 14.0. The van der Waals surface area contributed by atoms with E-state index >= 15 is 0 Å². The lowest BCUT2D eigenvalue weighted by Crippen LogP contribution is -2.51. The van der Waals surface area contributed by atoms with E-state index in [1.54, 1.807) is 10.8 Å². The molecule has 0 aliphatic carbocycles. The van der Waals surface area contributed by atoms with Crippen molar-refractivity contribution in [3.8, 4) is 0 Å². The maximum atomic E-state index is 13.3. The van der Waals surface area contributed by atoms with Crippen molar-refractivity contribution in [2.75, 3.05) is 0 Å². The Bertz CT molecular complexity index is 1040. The summed E-state index contributed by atoms with van der Waals surface area (Å²) >= 11 is 5.58. The van der Waals surface area contributed by atoms with E-state index < -0.39 is 11.0 Å². The molecular weight excluding hydrogens is 386 g/mol. The number of nitro benzene ring substituents is 1. The molecule has 29 heavy (non-hydrogen) atoms. The first-order valence-electron chi connectivity index (χ1n) is 9.03. The third-order valence-corrected chi connectivity index (χ3v) is 4.80. The summed E-state index contributed by atoms with van der Waals surface area (Å²) in [5.41, 5.74) is 2.33. The van der Waals surface area contributed by atoms with Crippen LogP contribution < -0.4 is 9.88 Å². The number of pyridine rings is 1. The molecule has 0 radical (unpaired) electrons. The van der Waals surface area contributed by atoms with Gasteiger partial charge in [-0.2, -0.15) is 4.57 Å². The first kappa shape index (κ1) is 20.3. The molecule has 2 aromatic carbocycles. The normalized spacial score (nSPS) is 11.5. The zero-order valence-electron chi connectivity index (χ0n) is 15.8. The van der Waals surface area contributed by atoms with Gasteiger partial charge in [0, 0.05) is 35.9 Å². The maximum Gasteiger partial charge on any atom is 0.270 e. The Balaban J connectivity index is 1.89. The Morgan fingerprint density at radius 1 is 1.10 bits per heavy atom. The van der Waals surface area contributed by atoms with E-state index in [-0.39, 0.29) is 11.5 Å². The van der Waals surface area contributed by atoms with Crippen molar-refractivity contribution in [3.05, 3.63) is 106 Å². The standard InChI is InChI=1S/C22H19N3O3S/c1-16-6-5-13-24(15-16)20(22(29)23-14-17-7-3-2-4-8-17)21(26)18-9-11-19(12-10-18)25(27)28/h2-13,15,20H,14H2,1H3/p+1/t20-/m1/s1. The fourth-order valence-electron chi connectivity index (χ4n) is 2.95. The van der Waals surface area contributed by atoms with Gasteiger partial charge < -0.3 is 5.32 Å². The van der Waals surface area contributed by atoms with Crippen LogP contribution in [-0.4, -0.2) is 15.7 Å². The Hall–Kier alpha value is -3.45. The van der Waals surface area contributed by atoms with E-state index in [0.717, 1.165) is 11.1 Å². The highest BCUT2D eigenvalue weighted by Crippen LogP contribution is 2.16. The molecule has 0 bridgehead atoms. The Kier molecular flexibility index (Phi) is 6.41. The van der Waals surface area contributed by atoms with Gasteiger partial charge in [-0.1, -0.05) is 42.5 Å². The van der Waals surface area contributed by atoms with E-state index in [2.05, 4.69) is 5.32 Å². The predicted octanol–water partition coefficient (Wildman–Crippen LogP) is 3.73. The van der Waals surface area contributed by atoms with Gasteiger partial charge in [-0.25, -0.2) is 0 Å². The largest absolute Gasteiger partial charge is 0.370 e. The lowest BCUT2D eigenvalue weighted by atomic mass is 10.0. The third kappa shape index (κ3) is 5.08. The molecule has 3 rings (SSSR count). The fraction of sp³-hybridized carbons (Fsp3) is 0.136. The van der Waals surface area contributed by atoms with Gasteiger partial charge in [-0.05, 0) is 30.7 Å². The van der Waals surface area contributed by atoms with Gasteiger partial charge in [0.1, 0.15) is 0 Å². The first-order valence-corrected chi connectivity index (χ1v) is 9.44. The quantitative estimate of drug-likeness (QED) is 0.213. The second kappa shape index (κ2) is 9.16. The monoisotopic (exact) mass is 406 g/mol. The number of nitrogens with one attached hydrogen (secondary N) is 1. The van der Waals surface area contributed by atoms with Crippen LogP contribution in [-0.2, 0) is 6.54 Å². The summed E-state index contributed by atoms with van der Waals surface area (Å²) < 4.78 is 1.76. The molecule has 3 aromatic rings. The van der Waals surface area contributed by atoms with Gasteiger partial charge in [0.15, 0.2) is 17.4 Å². The van der Waals surface area contributed by atoms with Crippen LogP contribution in [0.4, 0.5) is 5.69 Å². The molecule has 0 aliphatic heterocycles. The molecule has 1 heterocycles. The molecule has 0 saturated heterocycles. The van der Waals surface area contributed by atoms with Crippen LogP contribution in [0.15, 0.2) is 79.1 Å². The topological polar surface area (TPSA) is 76.1 Å². The van der Waals surface area contributed by atoms with E-state index in [1.807, 2.05) is 55.6 Å². The van der Waals surface area contributed by atoms with Gasteiger partial charge in [-0.3, -0.25) is 14.9 Å². The Morgan fingerprint density at radius 3 is 2.41 bits per heavy atom. The van der Waals surface area contributed by atoms with Crippen LogP contribution in [0.1, 0.15) is 27.5 Å². The summed E-state index contributed by atoms with van der Waals surface area (Å²) in [4.78, 5) is 24.1. The smallest absolute Gasteiger partial charge is 0.270 e. The second-order valence-electron chi connectivity index (χ2n) is 6.60. The fourth-order valence-corrected chi connectivity index (χ4v) is 3.25. The minimum Gasteiger partial charge on any atom is -0.370 e. The number of ketones is 1. The van der Waals surface area contributed by atoms with Crippen molar-refractivity contribution in [1.82, 2.24) is 5.32 Å². The maximum absolute atomic E-state index is 13.3. The average molecular weight is 406 g/mol. The van der Waals surface area contributed by atoms with Crippen molar-refractivity contribution >= 4 is 28.7 Å². The summed E-state index contributed by atoms with van der Waals surface area (Å²) in [6.07, 6.45) is 3.64. The number of rotatable bonds is 7. The summed E-state index contributed by atoms with van der Waals surface area (Å²) in [5, 5.41) is 14.1. The zero-order chi connectivity index (χ0) is 20.8. The average Bonchev–Trinajstić information content (AvgIpc) is 2.73. The van der Waals surface area contributed by atoms with Crippen molar-refractivity contribution in [2.45, 2.75) is 19.5 Å². The molecule has 0 spiro atoms. The minimum absolute atomic E-state index is 0.0638. The van der Waals surface area contributed by atoms with Crippen molar-refractivity contribution in [2.24, 2.45) is 0 Å². The van der Waals surface area contributed by atoms with Crippen LogP contribution in [0.25, 0.3) is 0 Å². The lowest BCUT2D eigenvalue weighted by Gasteiger charge is -2.15.